The van der Waals surface area contributed by atoms with Gasteiger partial charge in [0.25, 0.3) is 0 Å². The molecule has 146 valence electrons. The van der Waals surface area contributed by atoms with Crippen LogP contribution in [-0.2, 0) is 14.3 Å². The average molecular weight is 385 g/mol. The minimum absolute atomic E-state index is 0.0773. The van der Waals surface area contributed by atoms with Crippen LogP contribution in [0.4, 0.5) is 5.69 Å². The first-order valence-electron chi connectivity index (χ1n) is 9.18. The number of nitrogens with zero attached hydrogens (tertiary/aromatic N) is 1. The standard InChI is InChI=1S/C20H19NO7/c1-27-16-9-10(8-11(20(16)24)21(25)26)17-18-12(22)4-2-6-14(18)28-15-7-3-5-13(23)19(15)17/h8-9,17,24H,2-7H2,1H3. The summed E-state index contributed by atoms with van der Waals surface area (Å²) in [6.45, 7) is 0. The molecule has 1 aromatic carbocycles. The largest absolute Gasteiger partial charge is 0.500 e. The Labute approximate surface area is 160 Å². The zero-order chi connectivity index (χ0) is 20.0. The number of aromatic hydroxyl groups is 1. The summed E-state index contributed by atoms with van der Waals surface area (Å²) in [5, 5.41) is 21.5. The molecule has 1 heterocycles. The predicted molar refractivity (Wildman–Crippen MR) is 96.9 cm³/mol. The number of nitro groups is 1. The smallest absolute Gasteiger partial charge is 0.314 e. The molecule has 4 rings (SSSR count). The molecule has 0 atom stereocenters. The maximum Gasteiger partial charge on any atom is 0.314 e. The number of nitro benzene ring substituents is 1. The summed E-state index contributed by atoms with van der Waals surface area (Å²) in [6.07, 6.45) is 3.18. The van der Waals surface area contributed by atoms with E-state index in [1.807, 2.05) is 0 Å². The van der Waals surface area contributed by atoms with Gasteiger partial charge >= 0.3 is 5.69 Å². The summed E-state index contributed by atoms with van der Waals surface area (Å²) in [5.74, 6) is -0.554. The molecule has 0 amide bonds. The van der Waals surface area contributed by atoms with Gasteiger partial charge in [0, 0.05) is 48.8 Å². The van der Waals surface area contributed by atoms with Gasteiger partial charge in [-0.1, -0.05) is 0 Å². The van der Waals surface area contributed by atoms with Crippen LogP contribution < -0.4 is 4.74 Å². The van der Waals surface area contributed by atoms with Crippen LogP contribution in [0, 0.1) is 10.1 Å². The SMILES string of the molecule is COc1cc(C2C3=C(CCCC3=O)OC3=C2C(=O)CCC3)cc([N+](=O)[O-])c1O. The summed E-state index contributed by atoms with van der Waals surface area (Å²) in [4.78, 5) is 36.2. The van der Waals surface area contributed by atoms with Crippen molar-refractivity contribution in [2.75, 3.05) is 7.11 Å². The molecule has 0 spiro atoms. The van der Waals surface area contributed by atoms with Gasteiger partial charge in [-0.25, -0.2) is 0 Å². The maximum atomic E-state index is 12.7. The highest BCUT2D eigenvalue weighted by Crippen LogP contribution is 2.50. The zero-order valence-corrected chi connectivity index (χ0v) is 15.3. The lowest BCUT2D eigenvalue weighted by molar-refractivity contribution is -0.386. The van der Waals surface area contributed by atoms with Gasteiger partial charge in [-0.05, 0) is 24.5 Å². The Morgan fingerprint density at radius 3 is 2.14 bits per heavy atom. The average Bonchev–Trinajstić information content (AvgIpc) is 2.67. The van der Waals surface area contributed by atoms with Crippen molar-refractivity contribution in [2.24, 2.45) is 0 Å². The number of benzene rings is 1. The van der Waals surface area contributed by atoms with E-state index < -0.39 is 22.3 Å². The minimum Gasteiger partial charge on any atom is -0.500 e. The molecule has 8 nitrogen and oxygen atoms in total. The number of carbonyl (C=O) groups excluding carboxylic acids is 2. The van der Waals surface area contributed by atoms with Gasteiger partial charge in [0.15, 0.2) is 17.3 Å². The van der Waals surface area contributed by atoms with Gasteiger partial charge in [-0.3, -0.25) is 19.7 Å². The third kappa shape index (κ3) is 2.76. The van der Waals surface area contributed by atoms with Crippen molar-refractivity contribution in [3.63, 3.8) is 0 Å². The first kappa shape index (κ1) is 18.2. The van der Waals surface area contributed by atoms with Crippen LogP contribution in [0.15, 0.2) is 34.8 Å². The van der Waals surface area contributed by atoms with Gasteiger partial charge < -0.3 is 14.6 Å². The number of carbonyl (C=O) groups is 2. The molecule has 2 aliphatic carbocycles. The van der Waals surface area contributed by atoms with E-state index in [4.69, 9.17) is 9.47 Å². The fourth-order valence-corrected chi connectivity index (χ4v) is 4.23. The van der Waals surface area contributed by atoms with Gasteiger partial charge in [-0.15, -0.1) is 0 Å². The lowest BCUT2D eigenvalue weighted by Gasteiger charge is -2.36. The highest BCUT2D eigenvalue weighted by Gasteiger charge is 2.42. The molecule has 3 aliphatic rings. The van der Waals surface area contributed by atoms with Crippen LogP contribution in [0.25, 0.3) is 0 Å². The van der Waals surface area contributed by atoms with Crippen molar-refractivity contribution in [2.45, 2.75) is 44.4 Å². The zero-order valence-electron chi connectivity index (χ0n) is 15.3. The maximum absolute atomic E-state index is 12.7. The van der Waals surface area contributed by atoms with Gasteiger partial charge in [-0.2, -0.15) is 0 Å². The van der Waals surface area contributed by atoms with Crippen LogP contribution in [0.1, 0.15) is 50.0 Å². The van der Waals surface area contributed by atoms with Crippen LogP contribution in [0.2, 0.25) is 0 Å². The van der Waals surface area contributed by atoms with E-state index in [9.17, 15) is 24.8 Å². The molecule has 8 heteroatoms. The van der Waals surface area contributed by atoms with E-state index >= 15 is 0 Å². The van der Waals surface area contributed by atoms with E-state index in [1.165, 1.54) is 19.2 Å². The molecular weight excluding hydrogens is 366 g/mol. The van der Waals surface area contributed by atoms with Crippen molar-refractivity contribution >= 4 is 17.3 Å². The monoisotopic (exact) mass is 385 g/mol. The van der Waals surface area contributed by atoms with Crippen molar-refractivity contribution in [3.05, 3.63) is 50.5 Å². The molecule has 0 saturated carbocycles. The van der Waals surface area contributed by atoms with Crippen LogP contribution >= 0.6 is 0 Å². The fourth-order valence-electron chi connectivity index (χ4n) is 4.23. The Hall–Kier alpha value is -3.16. The lowest BCUT2D eigenvalue weighted by Crippen LogP contribution is -2.30. The molecule has 1 aromatic rings. The highest BCUT2D eigenvalue weighted by molar-refractivity contribution is 6.05. The molecular formula is C20H19NO7. The summed E-state index contributed by atoms with van der Waals surface area (Å²) in [6, 6.07) is 2.67. The van der Waals surface area contributed by atoms with Crippen LogP contribution in [0.5, 0.6) is 11.5 Å². The first-order chi connectivity index (χ1) is 13.4. The number of methoxy groups -OCH3 is 1. The predicted octanol–water partition coefficient (Wildman–Crippen LogP) is 3.44. The Morgan fingerprint density at radius 2 is 1.64 bits per heavy atom. The van der Waals surface area contributed by atoms with E-state index in [-0.39, 0.29) is 17.3 Å². The van der Waals surface area contributed by atoms with E-state index in [2.05, 4.69) is 0 Å². The molecule has 1 N–H and O–H groups in total. The topological polar surface area (TPSA) is 116 Å². The Balaban J connectivity index is 1.97. The fraction of sp³-hybridized carbons (Fsp3) is 0.400. The summed E-state index contributed by atoms with van der Waals surface area (Å²) in [5.41, 5.74) is 0.622. The number of hydrogen-bond donors (Lipinski definition) is 1. The highest BCUT2D eigenvalue weighted by atomic mass is 16.6. The van der Waals surface area contributed by atoms with Crippen molar-refractivity contribution in [3.8, 4) is 11.5 Å². The second-order valence-electron chi connectivity index (χ2n) is 7.11. The number of Topliss-reactive ketones (excluding diaryl/α,β-unsaturated/α-hetero) is 2. The molecule has 0 aromatic heterocycles. The molecule has 0 saturated heterocycles. The van der Waals surface area contributed by atoms with Crippen LogP contribution in [-0.4, -0.2) is 28.7 Å². The Morgan fingerprint density at radius 1 is 1.07 bits per heavy atom. The molecule has 28 heavy (non-hydrogen) atoms. The van der Waals surface area contributed by atoms with Crippen LogP contribution in [0.3, 0.4) is 0 Å². The lowest BCUT2D eigenvalue weighted by atomic mass is 9.73. The normalized spacial score (nSPS) is 19.9. The number of phenols is 1. The van der Waals surface area contributed by atoms with Gasteiger partial charge in [0.05, 0.1) is 12.0 Å². The summed E-state index contributed by atoms with van der Waals surface area (Å²) in [7, 11) is 1.29. The molecule has 0 radical (unpaired) electrons. The third-order valence-electron chi connectivity index (χ3n) is 5.47. The number of ether oxygens (including phenoxy) is 2. The summed E-state index contributed by atoms with van der Waals surface area (Å²) >= 11 is 0. The Bertz CT molecular complexity index is 931. The van der Waals surface area contributed by atoms with Crippen molar-refractivity contribution in [1.29, 1.82) is 0 Å². The molecule has 0 fully saturated rings. The number of phenolic OH excluding ortho intramolecular Hbond substituents is 1. The Kier molecular flexibility index (Phi) is 4.41. The second-order valence-corrected chi connectivity index (χ2v) is 7.11. The van der Waals surface area contributed by atoms with E-state index in [0.717, 1.165) is 0 Å². The van der Waals surface area contributed by atoms with Crippen molar-refractivity contribution < 1.29 is 29.1 Å². The number of allylic oxidation sites excluding steroid dienone is 4. The van der Waals surface area contributed by atoms with E-state index in [0.29, 0.717) is 66.8 Å². The van der Waals surface area contributed by atoms with E-state index in [1.54, 1.807) is 0 Å². The quantitative estimate of drug-likeness (QED) is 0.626. The minimum atomic E-state index is -0.743. The second kappa shape index (κ2) is 6.78. The van der Waals surface area contributed by atoms with Gasteiger partial charge in [0.2, 0.25) is 5.75 Å². The number of ketones is 2. The number of hydrogen-bond acceptors (Lipinski definition) is 7. The number of rotatable bonds is 3. The van der Waals surface area contributed by atoms with Crippen molar-refractivity contribution in [1.82, 2.24) is 0 Å². The summed E-state index contributed by atoms with van der Waals surface area (Å²) < 4.78 is 11.1. The molecule has 0 bridgehead atoms. The third-order valence-corrected chi connectivity index (χ3v) is 5.47. The first-order valence-corrected chi connectivity index (χ1v) is 9.18. The molecule has 0 unspecified atom stereocenters. The molecule has 1 aliphatic heterocycles. The van der Waals surface area contributed by atoms with Gasteiger partial charge in [0.1, 0.15) is 11.5 Å².